The Morgan fingerprint density at radius 3 is 2.45 bits per heavy atom. The summed E-state index contributed by atoms with van der Waals surface area (Å²) in [7, 11) is -4.08. The minimum atomic E-state index is -4.08. The second-order valence-electron chi connectivity index (χ2n) is 8.54. The number of nitrogens with two attached hydrogens (primary N) is 1. The molecule has 7 nitrogen and oxygen atoms in total. The van der Waals surface area contributed by atoms with Crippen LogP contribution in [0.3, 0.4) is 0 Å². The third-order valence-corrected chi connectivity index (χ3v) is 6.24. The number of carbonyl (C=O) groups is 1. The van der Waals surface area contributed by atoms with Gasteiger partial charge in [0.05, 0.1) is 23.4 Å². The summed E-state index contributed by atoms with van der Waals surface area (Å²) in [5.41, 5.74) is 2.93. The highest BCUT2D eigenvalue weighted by atomic mass is 32.2. The van der Waals surface area contributed by atoms with Crippen molar-refractivity contribution >= 4 is 16.0 Å². The van der Waals surface area contributed by atoms with Gasteiger partial charge in [-0.3, -0.25) is 0 Å². The maximum absolute atomic E-state index is 13.2. The van der Waals surface area contributed by atoms with Crippen LogP contribution in [0.5, 0.6) is 0 Å². The molecule has 176 valence electrons. The SMILES string of the molecule is CCCCOC(=O)c1c(CC(C)C)ccc(S(N)(=O)=O)c1-c1ccc(Cn2ccnc2)cc1. The van der Waals surface area contributed by atoms with Crippen LogP contribution in [-0.2, 0) is 27.7 Å². The van der Waals surface area contributed by atoms with Crippen molar-refractivity contribution in [2.75, 3.05) is 6.61 Å². The average Bonchev–Trinajstić information content (AvgIpc) is 3.26. The standard InChI is InChI=1S/C25H31N3O4S/c1-4-5-14-32-25(29)24-21(15-18(2)3)10-11-22(33(26,30)31)23(24)20-8-6-19(7-9-20)16-28-13-12-27-17-28/h6-13,17-18H,4-5,14-16H2,1-3H3,(H2,26,30,31). The van der Waals surface area contributed by atoms with Crippen LogP contribution in [0.25, 0.3) is 11.1 Å². The zero-order chi connectivity index (χ0) is 24.0. The number of imidazole rings is 1. The van der Waals surface area contributed by atoms with Crippen molar-refractivity contribution in [3.8, 4) is 11.1 Å². The van der Waals surface area contributed by atoms with E-state index in [2.05, 4.69) is 4.98 Å². The summed E-state index contributed by atoms with van der Waals surface area (Å²) in [6, 6.07) is 10.6. The molecule has 1 aromatic heterocycles. The Labute approximate surface area is 195 Å². The molecule has 3 aromatic rings. The molecule has 0 bridgehead atoms. The van der Waals surface area contributed by atoms with Gasteiger partial charge in [-0.15, -0.1) is 0 Å². The molecule has 0 fully saturated rings. The number of carbonyl (C=O) groups excluding carboxylic acids is 1. The van der Waals surface area contributed by atoms with Gasteiger partial charge in [0.2, 0.25) is 10.0 Å². The van der Waals surface area contributed by atoms with Crippen LogP contribution in [0.1, 0.15) is 55.1 Å². The minimum absolute atomic E-state index is 0.0835. The van der Waals surface area contributed by atoms with Gasteiger partial charge >= 0.3 is 5.97 Å². The number of sulfonamides is 1. The van der Waals surface area contributed by atoms with E-state index in [4.69, 9.17) is 9.88 Å². The predicted molar refractivity (Wildman–Crippen MR) is 128 cm³/mol. The summed E-state index contributed by atoms with van der Waals surface area (Å²) in [5.74, 6) is -0.264. The van der Waals surface area contributed by atoms with Crippen molar-refractivity contribution in [1.82, 2.24) is 9.55 Å². The topological polar surface area (TPSA) is 104 Å². The van der Waals surface area contributed by atoms with Gasteiger partial charge in [0.25, 0.3) is 0 Å². The van der Waals surface area contributed by atoms with E-state index >= 15 is 0 Å². The lowest BCUT2D eigenvalue weighted by atomic mass is 9.90. The fraction of sp³-hybridized carbons (Fsp3) is 0.360. The van der Waals surface area contributed by atoms with Crippen molar-refractivity contribution in [3.63, 3.8) is 0 Å². The molecule has 2 N–H and O–H groups in total. The molecule has 33 heavy (non-hydrogen) atoms. The number of benzene rings is 2. The summed E-state index contributed by atoms with van der Waals surface area (Å²) in [4.78, 5) is 17.2. The first kappa shape index (κ1) is 24.7. The van der Waals surface area contributed by atoms with Gasteiger partial charge in [-0.25, -0.2) is 23.3 Å². The summed E-state index contributed by atoms with van der Waals surface area (Å²) in [6.45, 7) is 7.01. The monoisotopic (exact) mass is 469 g/mol. The zero-order valence-electron chi connectivity index (χ0n) is 19.3. The predicted octanol–water partition coefficient (Wildman–Crippen LogP) is 4.40. The highest BCUT2D eigenvalue weighted by molar-refractivity contribution is 7.89. The molecule has 0 saturated heterocycles. The molecule has 8 heteroatoms. The lowest BCUT2D eigenvalue weighted by Gasteiger charge is -2.19. The lowest BCUT2D eigenvalue weighted by molar-refractivity contribution is 0.0499. The third-order valence-electron chi connectivity index (χ3n) is 5.29. The van der Waals surface area contributed by atoms with E-state index in [1.807, 2.05) is 55.8 Å². The summed E-state index contributed by atoms with van der Waals surface area (Å²) in [5, 5.41) is 5.57. The van der Waals surface area contributed by atoms with Gasteiger partial charge in [-0.2, -0.15) is 0 Å². The largest absolute Gasteiger partial charge is 0.462 e. The first-order valence-electron chi connectivity index (χ1n) is 11.1. The van der Waals surface area contributed by atoms with E-state index < -0.39 is 16.0 Å². The van der Waals surface area contributed by atoms with Crippen LogP contribution < -0.4 is 5.14 Å². The maximum atomic E-state index is 13.2. The van der Waals surface area contributed by atoms with Gasteiger partial charge in [0, 0.05) is 24.5 Å². The third kappa shape index (κ3) is 6.30. The Hall–Kier alpha value is -2.97. The van der Waals surface area contributed by atoms with Crippen molar-refractivity contribution in [2.45, 2.75) is 51.5 Å². The number of primary sulfonamides is 1. The van der Waals surface area contributed by atoms with E-state index in [9.17, 15) is 13.2 Å². The molecule has 0 spiro atoms. The highest BCUT2D eigenvalue weighted by Gasteiger charge is 2.26. The summed E-state index contributed by atoms with van der Waals surface area (Å²) >= 11 is 0. The molecule has 0 atom stereocenters. The van der Waals surface area contributed by atoms with Crippen LogP contribution in [0.15, 0.2) is 60.0 Å². The van der Waals surface area contributed by atoms with Crippen LogP contribution >= 0.6 is 0 Å². The molecule has 0 aliphatic heterocycles. The molecular formula is C25H31N3O4S. The van der Waals surface area contributed by atoms with Gasteiger partial charge in [-0.05, 0) is 41.5 Å². The van der Waals surface area contributed by atoms with E-state index in [0.717, 1.165) is 24.0 Å². The number of hydrogen-bond donors (Lipinski definition) is 1. The molecule has 3 rings (SSSR count). The molecule has 0 amide bonds. The van der Waals surface area contributed by atoms with Gasteiger partial charge in [0.1, 0.15) is 0 Å². The molecule has 0 aliphatic rings. The number of esters is 1. The van der Waals surface area contributed by atoms with E-state index in [0.29, 0.717) is 24.1 Å². The Kier molecular flexibility index (Phi) is 8.05. The van der Waals surface area contributed by atoms with Gasteiger partial charge < -0.3 is 9.30 Å². The Bertz CT molecular complexity index is 1190. The number of hydrogen-bond acceptors (Lipinski definition) is 5. The van der Waals surface area contributed by atoms with E-state index in [1.165, 1.54) is 6.07 Å². The van der Waals surface area contributed by atoms with Crippen molar-refractivity contribution < 1.29 is 17.9 Å². The maximum Gasteiger partial charge on any atom is 0.339 e. The van der Waals surface area contributed by atoms with E-state index in [-0.39, 0.29) is 23.0 Å². The van der Waals surface area contributed by atoms with Crippen molar-refractivity contribution in [3.05, 3.63) is 71.8 Å². The summed E-state index contributed by atoms with van der Waals surface area (Å²) in [6.07, 6.45) is 7.53. The van der Waals surface area contributed by atoms with Crippen LogP contribution in [0.4, 0.5) is 0 Å². The fourth-order valence-electron chi connectivity index (χ4n) is 3.74. The number of aromatic nitrogens is 2. The fourth-order valence-corrected chi connectivity index (χ4v) is 4.50. The summed E-state index contributed by atoms with van der Waals surface area (Å²) < 4.78 is 32.4. The van der Waals surface area contributed by atoms with Crippen molar-refractivity contribution in [1.29, 1.82) is 0 Å². The smallest absolute Gasteiger partial charge is 0.339 e. The van der Waals surface area contributed by atoms with Crippen LogP contribution in [0, 0.1) is 5.92 Å². The molecule has 1 heterocycles. The minimum Gasteiger partial charge on any atom is -0.462 e. The van der Waals surface area contributed by atoms with Crippen LogP contribution in [0.2, 0.25) is 0 Å². The Morgan fingerprint density at radius 1 is 1.15 bits per heavy atom. The molecule has 0 unspecified atom stereocenters. The van der Waals surface area contributed by atoms with Crippen LogP contribution in [-0.4, -0.2) is 30.5 Å². The molecule has 0 saturated carbocycles. The Balaban J connectivity index is 2.14. The number of ether oxygens (including phenoxy) is 1. The number of unbranched alkanes of at least 4 members (excludes halogenated alkanes) is 1. The lowest BCUT2D eigenvalue weighted by Crippen LogP contribution is -2.18. The first-order chi connectivity index (χ1) is 15.7. The average molecular weight is 470 g/mol. The van der Waals surface area contributed by atoms with Gasteiger partial charge in [0.15, 0.2) is 0 Å². The highest BCUT2D eigenvalue weighted by Crippen LogP contribution is 2.34. The second-order valence-corrected chi connectivity index (χ2v) is 10.1. The normalized spacial score (nSPS) is 11.7. The van der Waals surface area contributed by atoms with Gasteiger partial charge in [-0.1, -0.05) is 57.5 Å². The second kappa shape index (κ2) is 10.8. The quantitative estimate of drug-likeness (QED) is 0.350. The molecular weight excluding hydrogens is 438 g/mol. The molecule has 0 radical (unpaired) electrons. The zero-order valence-corrected chi connectivity index (χ0v) is 20.1. The number of rotatable bonds is 10. The molecule has 0 aliphatic carbocycles. The van der Waals surface area contributed by atoms with Crippen molar-refractivity contribution in [2.24, 2.45) is 11.1 Å². The Morgan fingerprint density at radius 2 is 1.88 bits per heavy atom. The number of nitrogens with zero attached hydrogens (tertiary/aromatic N) is 2. The molecule has 2 aromatic carbocycles. The van der Waals surface area contributed by atoms with E-state index in [1.54, 1.807) is 18.6 Å². The first-order valence-corrected chi connectivity index (χ1v) is 12.7.